The molecule has 2 aromatic heterocycles. The SMILES string of the molecule is Cc1cc(NC(=O)c2cc(C3CC3)nc3ccccc23)n(Cc2ccccc2)n1. The molecule has 1 aliphatic rings. The predicted molar refractivity (Wildman–Crippen MR) is 114 cm³/mol. The van der Waals surface area contributed by atoms with E-state index in [2.05, 4.69) is 22.5 Å². The minimum Gasteiger partial charge on any atom is -0.307 e. The molecule has 144 valence electrons. The van der Waals surface area contributed by atoms with Crippen LogP contribution in [-0.2, 0) is 6.54 Å². The number of carbonyl (C=O) groups excluding carboxylic acids is 1. The van der Waals surface area contributed by atoms with Crippen LogP contribution in [0.5, 0.6) is 0 Å². The number of hydrogen-bond donors (Lipinski definition) is 1. The van der Waals surface area contributed by atoms with Gasteiger partial charge in [-0.15, -0.1) is 0 Å². The molecule has 0 unspecified atom stereocenters. The lowest BCUT2D eigenvalue weighted by atomic mass is 10.1. The van der Waals surface area contributed by atoms with Gasteiger partial charge in [-0.1, -0.05) is 48.5 Å². The minimum atomic E-state index is -0.125. The van der Waals surface area contributed by atoms with Crippen LogP contribution in [0.1, 0.15) is 46.1 Å². The van der Waals surface area contributed by atoms with Gasteiger partial charge in [-0.3, -0.25) is 9.78 Å². The Morgan fingerprint density at radius 1 is 1.07 bits per heavy atom. The highest BCUT2D eigenvalue weighted by Gasteiger charge is 2.27. The molecule has 1 N–H and O–H groups in total. The average Bonchev–Trinajstić information content (AvgIpc) is 3.53. The molecule has 0 atom stereocenters. The molecule has 5 heteroatoms. The van der Waals surface area contributed by atoms with Crippen LogP contribution in [-0.4, -0.2) is 20.7 Å². The van der Waals surface area contributed by atoms with Crippen molar-refractivity contribution in [3.05, 3.63) is 89.2 Å². The highest BCUT2D eigenvalue weighted by molar-refractivity contribution is 6.12. The fourth-order valence-electron chi connectivity index (χ4n) is 3.68. The second-order valence-corrected chi connectivity index (χ2v) is 7.65. The van der Waals surface area contributed by atoms with E-state index < -0.39 is 0 Å². The Balaban J connectivity index is 1.48. The number of fused-ring (bicyclic) bond motifs is 1. The van der Waals surface area contributed by atoms with E-state index in [1.54, 1.807) is 0 Å². The van der Waals surface area contributed by atoms with Crippen molar-refractivity contribution in [3.8, 4) is 0 Å². The summed E-state index contributed by atoms with van der Waals surface area (Å²) in [6.07, 6.45) is 2.30. The Kier molecular flexibility index (Phi) is 4.35. The summed E-state index contributed by atoms with van der Waals surface area (Å²) in [5.41, 5.74) is 4.56. The van der Waals surface area contributed by atoms with Crippen LogP contribution in [0.3, 0.4) is 0 Å². The van der Waals surface area contributed by atoms with Crippen molar-refractivity contribution < 1.29 is 4.79 Å². The van der Waals surface area contributed by atoms with Crippen molar-refractivity contribution >= 4 is 22.6 Å². The van der Waals surface area contributed by atoms with Gasteiger partial charge in [-0.2, -0.15) is 5.10 Å². The van der Waals surface area contributed by atoms with Gasteiger partial charge in [0.15, 0.2) is 0 Å². The van der Waals surface area contributed by atoms with E-state index in [9.17, 15) is 4.79 Å². The molecular weight excluding hydrogens is 360 g/mol. The molecule has 0 aliphatic heterocycles. The molecule has 29 heavy (non-hydrogen) atoms. The minimum absolute atomic E-state index is 0.125. The highest BCUT2D eigenvalue weighted by Crippen LogP contribution is 2.40. The standard InChI is InChI=1S/C24H22N4O/c1-16-13-23(28(27-16)15-17-7-3-2-4-8-17)26-24(29)20-14-22(18-11-12-18)25-21-10-6-5-9-19(20)21/h2-10,13-14,18H,11-12,15H2,1H3,(H,26,29). The summed E-state index contributed by atoms with van der Waals surface area (Å²) in [7, 11) is 0. The number of anilines is 1. The second-order valence-electron chi connectivity index (χ2n) is 7.65. The molecule has 1 fully saturated rings. The first-order chi connectivity index (χ1) is 14.2. The van der Waals surface area contributed by atoms with Crippen molar-refractivity contribution in [2.24, 2.45) is 0 Å². The topological polar surface area (TPSA) is 59.8 Å². The molecule has 0 spiro atoms. The lowest BCUT2D eigenvalue weighted by molar-refractivity contribution is 0.102. The summed E-state index contributed by atoms with van der Waals surface area (Å²) in [5, 5.41) is 8.52. The smallest absolute Gasteiger partial charge is 0.257 e. The van der Waals surface area contributed by atoms with Crippen molar-refractivity contribution in [2.45, 2.75) is 32.2 Å². The van der Waals surface area contributed by atoms with Crippen LogP contribution in [0.2, 0.25) is 0 Å². The number of carbonyl (C=O) groups is 1. The number of hydrogen-bond acceptors (Lipinski definition) is 3. The zero-order chi connectivity index (χ0) is 19.8. The van der Waals surface area contributed by atoms with Crippen LogP contribution >= 0.6 is 0 Å². The van der Waals surface area contributed by atoms with E-state index in [0.29, 0.717) is 23.8 Å². The monoisotopic (exact) mass is 382 g/mol. The second kappa shape index (κ2) is 7.17. The Morgan fingerprint density at radius 3 is 2.62 bits per heavy atom. The van der Waals surface area contributed by atoms with Gasteiger partial charge >= 0.3 is 0 Å². The normalized spacial score (nSPS) is 13.6. The van der Waals surface area contributed by atoms with Crippen LogP contribution in [0, 0.1) is 6.92 Å². The van der Waals surface area contributed by atoms with E-state index in [0.717, 1.165) is 40.7 Å². The summed E-state index contributed by atoms with van der Waals surface area (Å²) in [4.78, 5) is 18.0. The van der Waals surface area contributed by atoms with E-state index in [-0.39, 0.29) is 5.91 Å². The predicted octanol–water partition coefficient (Wildman–Crippen LogP) is 4.92. The molecule has 0 radical (unpaired) electrons. The van der Waals surface area contributed by atoms with Gasteiger partial charge in [0, 0.05) is 23.1 Å². The molecule has 4 aromatic rings. The first kappa shape index (κ1) is 17.6. The quantitative estimate of drug-likeness (QED) is 0.533. The molecule has 1 amide bonds. The van der Waals surface area contributed by atoms with Crippen LogP contribution in [0.4, 0.5) is 5.82 Å². The van der Waals surface area contributed by atoms with Gasteiger partial charge < -0.3 is 5.32 Å². The summed E-state index contributed by atoms with van der Waals surface area (Å²) in [6.45, 7) is 2.54. The number of aryl methyl sites for hydroxylation is 1. The third kappa shape index (κ3) is 3.63. The maximum atomic E-state index is 13.3. The van der Waals surface area contributed by atoms with E-state index in [4.69, 9.17) is 4.98 Å². The lowest BCUT2D eigenvalue weighted by Crippen LogP contribution is -2.17. The Morgan fingerprint density at radius 2 is 1.83 bits per heavy atom. The van der Waals surface area contributed by atoms with Gasteiger partial charge in [0.25, 0.3) is 5.91 Å². The molecule has 5 rings (SSSR count). The largest absolute Gasteiger partial charge is 0.307 e. The number of aromatic nitrogens is 3. The first-order valence-corrected chi connectivity index (χ1v) is 9.97. The number of para-hydroxylation sites is 1. The molecule has 1 saturated carbocycles. The fraction of sp³-hybridized carbons (Fsp3) is 0.208. The van der Waals surface area contributed by atoms with Crippen molar-refractivity contribution in [1.82, 2.24) is 14.8 Å². The highest BCUT2D eigenvalue weighted by atomic mass is 16.1. The summed E-state index contributed by atoms with van der Waals surface area (Å²) < 4.78 is 1.84. The van der Waals surface area contributed by atoms with Crippen LogP contribution in [0.15, 0.2) is 66.7 Å². The number of benzene rings is 2. The summed E-state index contributed by atoms with van der Waals surface area (Å²) in [6, 6.07) is 21.8. The number of nitrogens with zero attached hydrogens (tertiary/aromatic N) is 3. The molecule has 0 saturated heterocycles. The van der Waals surface area contributed by atoms with E-state index in [1.807, 2.05) is 66.2 Å². The van der Waals surface area contributed by atoms with Crippen LogP contribution < -0.4 is 5.32 Å². The lowest BCUT2D eigenvalue weighted by Gasteiger charge is -2.12. The Labute approximate surface area is 169 Å². The molecular formula is C24H22N4O. The fourth-order valence-corrected chi connectivity index (χ4v) is 3.68. The first-order valence-electron chi connectivity index (χ1n) is 9.97. The van der Waals surface area contributed by atoms with Gasteiger partial charge in [0.05, 0.1) is 23.3 Å². The number of nitrogens with one attached hydrogen (secondary N) is 1. The van der Waals surface area contributed by atoms with E-state index >= 15 is 0 Å². The van der Waals surface area contributed by atoms with Gasteiger partial charge in [-0.05, 0) is 37.5 Å². The average molecular weight is 382 g/mol. The zero-order valence-electron chi connectivity index (χ0n) is 16.3. The van der Waals surface area contributed by atoms with Gasteiger partial charge in [0.1, 0.15) is 5.82 Å². The molecule has 1 aliphatic carbocycles. The number of amides is 1. The van der Waals surface area contributed by atoms with Crippen molar-refractivity contribution in [2.75, 3.05) is 5.32 Å². The van der Waals surface area contributed by atoms with Gasteiger partial charge in [-0.25, -0.2) is 4.68 Å². The molecule has 2 aromatic carbocycles. The Bertz CT molecular complexity index is 1190. The number of pyridine rings is 1. The summed E-state index contributed by atoms with van der Waals surface area (Å²) in [5.74, 6) is 1.06. The zero-order valence-corrected chi connectivity index (χ0v) is 16.3. The van der Waals surface area contributed by atoms with Crippen LogP contribution in [0.25, 0.3) is 10.9 Å². The Hall–Kier alpha value is -3.47. The third-order valence-electron chi connectivity index (χ3n) is 5.30. The number of rotatable bonds is 5. The van der Waals surface area contributed by atoms with Gasteiger partial charge in [0.2, 0.25) is 0 Å². The molecule has 5 nitrogen and oxygen atoms in total. The maximum Gasteiger partial charge on any atom is 0.257 e. The van der Waals surface area contributed by atoms with Crippen molar-refractivity contribution in [1.29, 1.82) is 0 Å². The summed E-state index contributed by atoms with van der Waals surface area (Å²) >= 11 is 0. The third-order valence-corrected chi connectivity index (χ3v) is 5.30. The van der Waals surface area contributed by atoms with E-state index in [1.165, 1.54) is 0 Å². The molecule has 0 bridgehead atoms. The maximum absolute atomic E-state index is 13.3. The van der Waals surface area contributed by atoms with Crippen molar-refractivity contribution in [3.63, 3.8) is 0 Å². The molecule has 2 heterocycles.